The molecule has 0 N–H and O–H groups in total. The number of rotatable bonds is 3. The third-order valence-corrected chi connectivity index (χ3v) is 9.84. The van der Waals surface area contributed by atoms with Crippen LogP contribution in [-0.4, -0.2) is 0 Å². The topological polar surface area (TPSA) is 22.4 Å². The second-order valence-electron chi connectivity index (χ2n) is 12.3. The first kappa shape index (κ1) is 25.5. The molecule has 10 rings (SSSR count). The maximum absolute atomic E-state index is 6.45. The number of hydrogen-bond donors (Lipinski definition) is 0. The number of furan rings is 1. The fourth-order valence-corrected chi connectivity index (χ4v) is 7.74. The first-order chi connectivity index (χ1) is 22.8. The highest BCUT2D eigenvalue weighted by atomic mass is 16.5. The van der Waals surface area contributed by atoms with Crippen LogP contribution in [0.15, 0.2) is 156 Å². The summed E-state index contributed by atoms with van der Waals surface area (Å²) in [5.74, 6) is 2.06. The smallest absolute Gasteiger partial charge is 0.167 e. The zero-order valence-electron chi connectivity index (χ0n) is 25.0. The van der Waals surface area contributed by atoms with Crippen molar-refractivity contribution in [2.45, 2.75) is 12.0 Å². The zero-order chi connectivity index (χ0) is 30.2. The average Bonchev–Trinajstić information content (AvgIpc) is 3.69. The molecule has 2 nitrogen and oxygen atoms in total. The monoisotopic (exact) mass is 588 g/mol. The summed E-state index contributed by atoms with van der Waals surface area (Å²) in [4.78, 5) is 0. The van der Waals surface area contributed by atoms with Gasteiger partial charge in [-0.1, -0.05) is 140 Å². The number of para-hydroxylation sites is 1. The summed E-state index contributed by atoms with van der Waals surface area (Å²) in [5, 5.41) is 6.19. The summed E-state index contributed by atoms with van der Waals surface area (Å²) in [6, 6.07) is 52.3. The van der Waals surface area contributed by atoms with Gasteiger partial charge in [0.05, 0.1) is 5.92 Å². The predicted molar refractivity (Wildman–Crippen MR) is 189 cm³/mol. The van der Waals surface area contributed by atoms with Crippen molar-refractivity contribution in [3.8, 4) is 39.1 Å². The summed E-state index contributed by atoms with van der Waals surface area (Å²) < 4.78 is 12.8. The lowest BCUT2D eigenvalue weighted by Crippen LogP contribution is -2.11. The molecule has 0 saturated heterocycles. The maximum atomic E-state index is 6.45. The molecule has 2 aliphatic rings. The molecule has 0 amide bonds. The Balaban J connectivity index is 1.07. The number of benzene rings is 7. The molecule has 2 heteroatoms. The van der Waals surface area contributed by atoms with E-state index in [0.29, 0.717) is 0 Å². The third-order valence-electron chi connectivity index (χ3n) is 9.84. The molecule has 0 bridgehead atoms. The van der Waals surface area contributed by atoms with E-state index in [9.17, 15) is 0 Å². The average molecular weight is 589 g/mol. The lowest BCUT2D eigenvalue weighted by atomic mass is 9.85. The Bertz CT molecular complexity index is 2440. The standard InChI is InChI=1S/C44H28O2/c1-2-10-28(11-3-1)41-32-13-4-6-15-34(32)42(35-16-7-5-14-33(35)41)29-20-18-27(19-21-29)30-22-25-40-38(26-30)37-24-23-36-31-12-8-9-17-39(31)45-43(36)44(37)46-40/h1-26,36,43H. The van der Waals surface area contributed by atoms with Gasteiger partial charge in [-0.15, -0.1) is 0 Å². The van der Waals surface area contributed by atoms with Gasteiger partial charge in [0.15, 0.2) is 11.9 Å². The van der Waals surface area contributed by atoms with E-state index in [2.05, 4.69) is 152 Å². The summed E-state index contributed by atoms with van der Waals surface area (Å²) >= 11 is 0. The first-order valence-electron chi connectivity index (χ1n) is 15.9. The molecule has 0 fully saturated rings. The Morgan fingerprint density at radius 3 is 1.72 bits per heavy atom. The van der Waals surface area contributed by atoms with Gasteiger partial charge in [0.1, 0.15) is 11.3 Å². The Labute approximate surface area is 266 Å². The summed E-state index contributed by atoms with van der Waals surface area (Å²) in [5.41, 5.74) is 10.6. The van der Waals surface area contributed by atoms with Crippen LogP contribution in [0.1, 0.15) is 28.9 Å². The molecule has 1 aliphatic carbocycles. The minimum absolute atomic E-state index is 0.120. The molecule has 0 spiro atoms. The molecule has 216 valence electrons. The summed E-state index contributed by atoms with van der Waals surface area (Å²) in [7, 11) is 0. The summed E-state index contributed by atoms with van der Waals surface area (Å²) in [6.07, 6.45) is 4.37. The number of ether oxygens (including phenoxy) is 1. The van der Waals surface area contributed by atoms with Crippen LogP contribution >= 0.6 is 0 Å². The third kappa shape index (κ3) is 3.71. The van der Waals surface area contributed by atoms with E-state index in [1.165, 1.54) is 60.5 Å². The lowest BCUT2D eigenvalue weighted by molar-refractivity contribution is 0.193. The predicted octanol–water partition coefficient (Wildman–Crippen LogP) is 12.0. The van der Waals surface area contributed by atoms with E-state index < -0.39 is 0 Å². The minimum atomic E-state index is -0.120. The van der Waals surface area contributed by atoms with Crippen molar-refractivity contribution in [3.05, 3.63) is 169 Å². The first-order valence-corrected chi connectivity index (χ1v) is 15.9. The van der Waals surface area contributed by atoms with Crippen LogP contribution in [0.25, 0.3) is 72.0 Å². The van der Waals surface area contributed by atoms with Crippen molar-refractivity contribution in [2.24, 2.45) is 0 Å². The van der Waals surface area contributed by atoms with Gasteiger partial charge in [0, 0.05) is 16.5 Å². The van der Waals surface area contributed by atoms with E-state index in [0.717, 1.165) is 28.0 Å². The fourth-order valence-electron chi connectivity index (χ4n) is 7.74. The summed E-state index contributed by atoms with van der Waals surface area (Å²) in [6.45, 7) is 0. The molecular formula is C44H28O2. The van der Waals surface area contributed by atoms with Crippen LogP contribution in [0, 0.1) is 0 Å². The van der Waals surface area contributed by atoms with Gasteiger partial charge in [-0.25, -0.2) is 0 Å². The number of fused-ring (bicyclic) bond motifs is 9. The molecule has 0 radical (unpaired) electrons. The molecule has 2 heterocycles. The van der Waals surface area contributed by atoms with E-state index in [1.807, 2.05) is 6.07 Å². The van der Waals surface area contributed by atoms with Crippen molar-refractivity contribution in [2.75, 3.05) is 0 Å². The quantitative estimate of drug-likeness (QED) is 0.192. The van der Waals surface area contributed by atoms with E-state index in [4.69, 9.17) is 9.15 Å². The Morgan fingerprint density at radius 2 is 1.02 bits per heavy atom. The van der Waals surface area contributed by atoms with Crippen LogP contribution in [0.3, 0.4) is 0 Å². The maximum Gasteiger partial charge on any atom is 0.167 e. The lowest BCUT2D eigenvalue weighted by Gasteiger charge is -2.18. The molecule has 8 aromatic rings. The second-order valence-corrected chi connectivity index (χ2v) is 12.3. The number of hydrogen-bond acceptors (Lipinski definition) is 2. The molecule has 2 atom stereocenters. The van der Waals surface area contributed by atoms with Crippen molar-refractivity contribution in [1.82, 2.24) is 0 Å². The minimum Gasteiger partial charge on any atom is -0.481 e. The van der Waals surface area contributed by atoms with Crippen molar-refractivity contribution < 1.29 is 9.15 Å². The van der Waals surface area contributed by atoms with Gasteiger partial charge in [-0.3, -0.25) is 0 Å². The Kier molecular flexibility index (Phi) is 5.44. The van der Waals surface area contributed by atoms with Gasteiger partial charge < -0.3 is 9.15 Å². The molecule has 0 saturated carbocycles. The van der Waals surface area contributed by atoms with Gasteiger partial charge >= 0.3 is 0 Å². The molecule has 1 aromatic heterocycles. The van der Waals surface area contributed by atoms with Crippen LogP contribution in [0.4, 0.5) is 0 Å². The van der Waals surface area contributed by atoms with Gasteiger partial charge in [-0.05, 0) is 73.1 Å². The van der Waals surface area contributed by atoms with Crippen LogP contribution in [-0.2, 0) is 0 Å². The molecule has 2 unspecified atom stereocenters. The highest BCUT2D eigenvalue weighted by Gasteiger charge is 2.40. The van der Waals surface area contributed by atoms with Crippen LogP contribution in [0.2, 0.25) is 0 Å². The SMILES string of the molecule is C1=CC2c3ccccc3OC2c2oc3ccc(-c4ccc(-c5c6ccccc6c(-c6ccccc6)c6ccccc56)cc4)cc3c21. The zero-order valence-corrected chi connectivity index (χ0v) is 25.0. The van der Waals surface area contributed by atoms with Crippen molar-refractivity contribution >= 4 is 38.6 Å². The normalized spacial score (nSPS) is 16.3. The highest BCUT2D eigenvalue weighted by Crippen LogP contribution is 2.52. The highest BCUT2D eigenvalue weighted by molar-refractivity contribution is 6.21. The fraction of sp³-hybridized carbons (Fsp3) is 0.0455. The second kappa shape index (κ2) is 9.82. The molecular weight excluding hydrogens is 560 g/mol. The van der Waals surface area contributed by atoms with E-state index in [-0.39, 0.29) is 12.0 Å². The van der Waals surface area contributed by atoms with E-state index >= 15 is 0 Å². The van der Waals surface area contributed by atoms with Gasteiger partial charge in [-0.2, -0.15) is 0 Å². The van der Waals surface area contributed by atoms with Gasteiger partial charge in [0.25, 0.3) is 0 Å². The largest absolute Gasteiger partial charge is 0.481 e. The van der Waals surface area contributed by atoms with Gasteiger partial charge in [0.2, 0.25) is 0 Å². The van der Waals surface area contributed by atoms with E-state index in [1.54, 1.807) is 0 Å². The van der Waals surface area contributed by atoms with Crippen molar-refractivity contribution in [3.63, 3.8) is 0 Å². The Morgan fingerprint density at radius 1 is 0.457 bits per heavy atom. The van der Waals surface area contributed by atoms with Crippen LogP contribution in [0.5, 0.6) is 5.75 Å². The van der Waals surface area contributed by atoms with Crippen molar-refractivity contribution in [1.29, 1.82) is 0 Å². The molecule has 7 aromatic carbocycles. The molecule has 1 aliphatic heterocycles. The molecule has 46 heavy (non-hydrogen) atoms. The van der Waals surface area contributed by atoms with Crippen LogP contribution < -0.4 is 4.74 Å². The Hall–Kier alpha value is -5.86.